The van der Waals surface area contributed by atoms with Crippen molar-refractivity contribution in [2.24, 2.45) is 0 Å². The van der Waals surface area contributed by atoms with Gasteiger partial charge in [0.2, 0.25) is 0 Å². The van der Waals surface area contributed by atoms with Gasteiger partial charge in [0.1, 0.15) is 0 Å². The van der Waals surface area contributed by atoms with E-state index in [1.807, 2.05) is 62.9 Å². The Balaban J connectivity index is 1.32. The Kier molecular flexibility index (Phi) is 7.31. The van der Waals surface area contributed by atoms with Crippen molar-refractivity contribution >= 4 is 23.0 Å². The van der Waals surface area contributed by atoms with Crippen LogP contribution in [0.15, 0.2) is 41.1 Å². The van der Waals surface area contributed by atoms with Crippen molar-refractivity contribution in [1.82, 2.24) is 40.4 Å². The zero-order valence-corrected chi connectivity index (χ0v) is 23.9. The van der Waals surface area contributed by atoms with Crippen LogP contribution in [-0.4, -0.2) is 74.2 Å². The highest BCUT2D eigenvalue weighted by Crippen LogP contribution is 2.36. The molecule has 1 aromatic carbocycles. The molecule has 1 atom stereocenters. The van der Waals surface area contributed by atoms with Gasteiger partial charge in [0.15, 0.2) is 11.5 Å². The standard InChI is InChI=1S/C29H36N8O3/c1-17(31-25(38)26-32-27(35-40-26)29(2,3)4)18-7-9-19(10-8-18)21-11-14-30-24-22(21)23(33-34-24)20-12-15-37(16-13-20)28(39)36(5)6/h7-11,14,17,20H,12-13,15-16H2,1-6H3,(H,31,38)(H,30,33,34)/t17-/m1/s1. The Morgan fingerprint density at radius 3 is 2.45 bits per heavy atom. The fraction of sp³-hybridized carbons (Fsp3) is 0.448. The minimum absolute atomic E-state index is 0.0445. The second-order valence-corrected chi connectivity index (χ2v) is 11.6. The quantitative estimate of drug-likeness (QED) is 0.373. The van der Waals surface area contributed by atoms with Crippen LogP contribution in [0, 0.1) is 0 Å². The average molecular weight is 545 g/mol. The predicted molar refractivity (Wildman–Crippen MR) is 151 cm³/mol. The number of urea groups is 1. The second kappa shape index (κ2) is 10.7. The molecule has 0 aliphatic carbocycles. The highest BCUT2D eigenvalue weighted by Gasteiger charge is 2.28. The van der Waals surface area contributed by atoms with Gasteiger partial charge in [-0.1, -0.05) is 50.2 Å². The summed E-state index contributed by atoms with van der Waals surface area (Å²) in [6.45, 7) is 9.21. The number of amides is 3. The molecule has 11 heteroatoms. The van der Waals surface area contributed by atoms with Gasteiger partial charge in [-0.2, -0.15) is 10.1 Å². The summed E-state index contributed by atoms with van der Waals surface area (Å²) < 4.78 is 5.18. The Morgan fingerprint density at radius 2 is 1.82 bits per heavy atom. The van der Waals surface area contributed by atoms with Crippen LogP contribution in [0.25, 0.3) is 22.2 Å². The van der Waals surface area contributed by atoms with Crippen LogP contribution in [0.3, 0.4) is 0 Å². The Labute approximate surface area is 233 Å². The van der Waals surface area contributed by atoms with Crippen molar-refractivity contribution in [1.29, 1.82) is 0 Å². The molecule has 0 saturated carbocycles. The van der Waals surface area contributed by atoms with E-state index in [-0.39, 0.29) is 29.3 Å². The molecule has 0 radical (unpaired) electrons. The summed E-state index contributed by atoms with van der Waals surface area (Å²) in [5.74, 6) is 0.301. The number of carbonyl (C=O) groups excluding carboxylic acids is 2. The SMILES string of the molecule is C[C@@H](NC(=O)c1nc(C(C)(C)C)no1)c1ccc(-c2ccnc3n[nH]c(C4CCN(C(=O)N(C)C)CC4)c23)cc1. The van der Waals surface area contributed by atoms with Crippen molar-refractivity contribution in [2.75, 3.05) is 27.2 Å². The molecule has 5 rings (SSSR count). The first-order valence-corrected chi connectivity index (χ1v) is 13.6. The lowest BCUT2D eigenvalue weighted by Crippen LogP contribution is -2.43. The van der Waals surface area contributed by atoms with E-state index in [1.54, 1.807) is 25.2 Å². The molecule has 3 aromatic heterocycles. The minimum atomic E-state index is -0.406. The number of piperidine rings is 1. The van der Waals surface area contributed by atoms with Crippen molar-refractivity contribution in [2.45, 2.75) is 57.9 Å². The maximum absolute atomic E-state index is 12.7. The normalized spacial score (nSPS) is 15.3. The van der Waals surface area contributed by atoms with Crippen LogP contribution in [0.4, 0.5) is 4.79 Å². The predicted octanol–water partition coefficient (Wildman–Crippen LogP) is 4.66. The van der Waals surface area contributed by atoms with Crippen molar-refractivity contribution in [3.63, 3.8) is 0 Å². The van der Waals surface area contributed by atoms with Crippen molar-refractivity contribution < 1.29 is 14.1 Å². The molecule has 11 nitrogen and oxygen atoms in total. The summed E-state index contributed by atoms with van der Waals surface area (Å²) in [5.41, 5.74) is 4.46. The minimum Gasteiger partial charge on any atom is -0.341 e. The topological polar surface area (TPSA) is 133 Å². The van der Waals surface area contributed by atoms with E-state index in [4.69, 9.17) is 4.52 Å². The smallest absolute Gasteiger partial charge is 0.319 e. The molecule has 1 aliphatic heterocycles. The van der Waals surface area contributed by atoms with Crippen molar-refractivity contribution in [3.8, 4) is 11.1 Å². The number of carbonyl (C=O) groups is 2. The van der Waals surface area contributed by atoms with E-state index < -0.39 is 5.91 Å². The molecule has 0 bridgehead atoms. The summed E-state index contributed by atoms with van der Waals surface area (Å²) in [6.07, 6.45) is 3.49. The van der Waals surface area contributed by atoms with Crippen LogP contribution in [0.1, 0.15) is 80.3 Å². The molecular formula is C29H36N8O3. The molecule has 3 amide bonds. The van der Waals surface area contributed by atoms with Gasteiger partial charge < -0.3 is 19.6 Å². The third-order valence-corrected chi connectivity index (χ3v) is 7.40. The van der Waals surface area contributed by atoms with Gasteiger partial charge in [-0.05, 0) is 42.5 Å². The Morgan fingerprint density at radius 1 is 1.12 bits per heavy atom. The fourth-order valence-electron chi connectivity index (χ4n) is 5.06. The average Bonchev–Trinajstić information content (AvgIpc) is 3.61. The maximum atomic E-state index is 12.7. The number of pyridine rings is 1. The van der Waals surface area contributed by atoms with Crippen LogP contribution in [0.2, 0.25) is 0 Å². The number of aromatic nitrogens is 5. The number of benzene rings is 1. The highest BCUT2D eigenvalue weighted by molar-refractivity contribution is 5.95. The van der Waals surface area contributed by atoms with E-state index in [0.717, 1.165) is 40.6 Å². The fourth-order valence-corrected chi connectivity index (χ4v) is 5.06. The van der Waals surface area contributed by atoms with E-state index in [2.05, 4.69) is 30.6 Å². The Hall–Kier alpha value is -4.28. The van der Waals surface area contributed by atoms with E-state index >= 15 is 0 Å². The number of nitrogens with one attached hydrogen (secondary N) is 2. The van der Waals surface area contributed by atoms with Gasteiger partial charge in [-0.3, -0.25) is 9.89 Å². The van der Waals surface area contributed by atoms with Gasteiger partial charge in [-0.15, -0.1) is 0 Å². The van der Waals surface area contributed by atoms with Gasteiger partial charge >= 0.3 is 17.8 Å². The van der Waals surface area contributed by atoms with Crippen LogP contribution in [-0.2, 0) is 5.41 Å². The maximum Gasteiger partial charge on any atom is 0.319 e. The first kappa shape index (κ1) is 27.3. The third kappa shape index (κ3) is 5.41. The monoisotopic (exact) mass is 544 g/mol. The number of hydrogen-bond donors (Lipinski definition) is 2. The molecule has 0 unspecified atom stereocenters. The first-order valence-electron chi connectivity index (χ1n) is 13.6. The lowest BCUT2D eigenvalue weighted by Gasteiger charge is -2.33. The van der Waals surface area contributed by atoms with Gasteiger partial charge in [0.25, 0.3) is 0 Å². The zero-order chi connectivity index (χ0) is 28.6. The van der Waals surface area contributed by atoms with E-state index in [1.165, 1.54) is 0 Å². The number of H-pyrrole nitrogens is 1. The number of nitrogens with zero attached hydrogens (tertiary/aromatic N) is 6. The summed E-state index contributed by atoms with van der Waals surface area (Å²) in [7, 11) is 3.57. The molecule has 1 fully saturated rings. The summed E-state index contributed by atoms with van der Waals surface area (Å²) in [4.78, 5) is 37.3. The molecule has 2 N–H and O–H groups in total. The van der Waals surface area contributed by atoms with Crippen LogP contribution in [0.5, 0.6) is 0 Å². The molecule has 210 valence electrons. The largest absolute Gasteiger partial charge is 0.341 e. The van der Waals surface area contributed by atoms with E-state index in [9.17, 15) is 9.59 Å². The Bertz CT molecular complexity index is 1510. The van der Waals surface area contributed by atoms with Gasteiger partial charge in [0, 0.05) is 50.4 Å². The summed E-state index contributed by atoms with van der Waals surface area (Å²) in [6, 6.07) is 9.90. The summed E-state index contributed by atoms with van der Waals surface area (Å²) in [5, 5.41) is 15.6. The molecule has 4 aromatic rings. The van der Waals surface area contributed by atoms with Crippen molar-refractivity contribution in [3.05, 3.63) is 59.5 Å². The number of hydrogen-bond acceptors (Lipinski definition) is 7. The number of fused-ring (bicyclic) bond motifs is 1. The molecule has 0 spiro atoms. The van der Waals surface area contributed by atoms with E-state index in [0.29, 0.717) is 24.6 Å². The number of aromatic amines is 1. The lowest BCUT2D eigenvalue weighted by molar-refractivity contribution is 0.0895. The lowest BCUT2D eigenvalue weighted by atomic mass is 9.89. The molecule has 1 aliphatic rings. The summed E-state index contributed by atoms with van der Waals surface area (Å²) >= 11 is 0. The van der Waals surface area contributed by atoms with Gasteiger partial charge in [0.05, 0.1) is 11.4 Å². The number of rotatable bonds is 5. The third-order valence-electron chi connectivity index (χ3n) is 7.40. The molecule has 4 heterocycles. The first-order chi connectivity index (χ1) is 19.0. The molecule has 40 heavy (non-hydrogen) atoms. The van der Waals surface area contributed by atoms with Gasteiger partial charge in [-0.25, -0.2) is 9.78 Å². The molecular weight excluding hydrogens is 508 g/mol. The molecule has 1 saturated heterocycles. The highest BCUT2D eigenvalue weighted by atomic mass is 16.5. The zero-order valence-electron chi connectivity index (χ0n) is 23.9. The second-order valence-electron chi connectivity index (χ2n) is 11.6. The van der Waals surface area contributed by atoms with Crippen LogP contribution < -0.4 is 5.32 Å². The van der Waals surface area contributed by atoms with Crippen LogP contribution >= 0.6 is 0 Å². The number of likely N-dealkylation sites (tertiary alicyclic amines) is 1.